The Kier molecular flexibility index (Phi) is 7.13. The van der Waals surface area contributed by atoms with Crippen molar-refractivity contribution in [3.8, 4) is 0 Å². The summed E-state index contributed by atoms with van der Waals surface area (Å²) in [5, 5.41) is 0. The van der Waals surface area contributed by atoms with Gasteiger partial charge in [-0.1, -0.05) is 30.3 Å². The molecule has 0 aliphatic carbocycles. The maximum absolute atomic E-state index is 10.0. The lowest BCUT2D eigenvalue weighted by molar-refractivity contribution is 0.112. The molecule has 3 nitrogen and oxygen atoms in total. The van der Waals surface area contributed by atoms with E-state index in [-0.39, 0.29) is 0 Å². The van der Waals surface area contributed by atoms with Crippen molar-refractivity contribution in [2.45, 2.75) is 0 Å². The minimum absolute atomic E-state index is 0.597. The van der Waals surface area contributed by atoms with Gasteiger partial charge in [0.15, 0.2) is 0 Å². The molecular weight excluding hydrogens is 152 g/mol. The molecule has 4 N–H and O–H groups in total. The molecule has 0 radical (unpaired) electrons. The number of carbonyl (C=O) groups is 1. The number of benzene rings is 1. The normalized spacial score (nSPS) is 8.17. The maximum Gasteiger partial charge on any atom is 0.150 e. The van der Waals surface area contributed by atoms with E-state index in [1.807, 2.05) is 18.2 Å². The van der Waals surface area contributed by atoms with E-state index in [4.69, 9.17) is 11.5 Å². The van der Waals surface area contributed by atoms with Crippen LogP contribution in [0.1, 0.15) is 10.4 Å². The minimum Gasteiger partial charge on any atom is -0.329 e. The molecule has 1 aromatic carbocycles. The van der Waals surface area contributed by atoms with Crippen LogP contribution in [0.15, 0.2) is 30.3 Å². The zero-order chi connectivity index (χ0) is 9.23. The summed E-state index contributed by atoms with van der Waals surface area (Å²) in [5.74, 6) is 0. The summed E-state index contributed by atoms with van der Waals surface area (Å²) >= 11 is 0. The Bertz CT molecular complexity index is 197. The molecule has 0 heterocycles. The Morgan fingerprint density at radius 1 is 1.08 bits per heavy atom. The van der Waals surface area contributed by atoms with Crippen molar-refractivity contribution in [1.29, 1.82) is 0 Å². The van der Waals surface area contributed by atoms with Crippen molar-refractivity contribution in [3.05, 3.63) is 35.9 Å². The number of hydrogen-bond acceptors (Lipinski definition) is 3. The molecule has 0 aliphatic rings. The Hall–Kier alpha value is -1.19. The molecule has 1 rings (SSSR count). The summed E-state index contributed by atoms with van der Waals surface area (Å²) in [7, 11) is 0. The van der Waals surface area contributed by atoms with E-state index < -0.39 is 0 Å². The van der Waals surface area contributed by atoms with Crippen LogP contribution in [0.4, 0.5) is 0 Å². The molecule has 66 valence electrons. The monoisotopic (exact) mass is 166 g/mol. The zero-order valence-corrected chi connectivity index (χ0v) is 6.94. The van der Waals surface area contributed by atoms with Crippen LogP contribution >= 0.6 is 0 Å². The summed E-state index contributed by atoms with van der Waals surface area (Å²) < 4.78 is 0. The molecule has 3 heteroatoms. The molecular formula is C9H14N2O. The minimum atomic E-state index is 0.597. The number of aldehydes is 1. The summed E-state index contributed by atoms with van der Waals surface area (Å²) in [6.07, 6.45) is 0.833. The van der Waals surface area contributed by atoms with Crippen molar-refractivity contribution in [2.75, 3.05) is 13.1 Å². The van der Waals surface area contributed by atoms with Gasteiger partial charge in [0.25, 0.3) is 0 Å². The van der Waals surface area contributed by atoms with Gasteiger partial charge >= 0.3 is 0 Å². The highest BCUT2D eigenvalue weighted by molar-refractivity contribution is 5.74. The first kappa shape index (κ1) is 10.8. The first-order valence-electron chi connectivity index (χ1n) is 3.75. The van der Waals surface area contributed by atoms with Crippen LogP contribution in [0.25, 0.3) is 0 Å². The molecule has 12 heavy (non-hydrogen) atoms. The average Bonchev–Trinajstić information content (AvgIpc) is 2.19. The van der Waals surface area contributed by atoms with Crippen LogP contribution in [0.2, 0.25) is 0 Å². The van der Waals surface area contributed by atoms with E-state index in [1.165, 1.54) is 0 Å². The smallest absolute Gasteiger partial charge is 0.150 e. The van der Waals surface area contributed by atoms with Crippen LogP contribution in [-0.4, -0.2) is 19.4 Å². The van der Waals surface area contributed by atoms with Gasteiger partial charge in [0.2, 0.25) is 0 Å². The van der Waals surface area contributed by atoms with Crippen LogP contribution < -0.4 is 11.5 Å². The second kappa shape index (κ2) is 7.91. The summed E-state index contributed by atoms with van der Waals surface area (Å²) in [5.41, 5.74) is 10.5. The van der Waals surface area contributed by atoms with Gasteiger partial charge in [-0.15, -0.1) is 0 Å². The van der Waals surface area contributed by atoms with Gasteiger partial charge in [-0.25, -0.2) is 0 Å². The van der Waals surface area contributed by atoms with Crippen LogP contribution in [-0.2, 0) is 0 Å². The highest BCUT2D eigenvalue weighted by Crippen LogP contribution is 1.91. The van der Waals surface area contributed by atoms with Gasteiger partial charge in [0.05, 0.1) is 0 Å². The van der Waals surface area contributed by atoms with E-state index in [2.05, 4.69) is 0 Å². The van der Waals surface area contributed by atoms with Crippen molar-refractivity contribution in [2.24, 2.45) is 11.5 Å². The molecule has 0 amide bonds. The second-order valence-electron chi connectivity index (χ2n) is 2.11. The fourth-order valence-electron chi connectivity index (χ4n) is 0.532. The average molecular weight is 166 g/mol. The van der Waals surface area contributed by atoms with Crippen molar-refractivity contribution in [3.63, 3.8) is 0 Å². The molecule has 0 fully saturated rings. The molecule has 0 saturated carbocycles. The van der Waals surface area contributed by atoms with Crippen molar-refractivity contribution >= 4 is 6.29 Å². The van der Waals surface area contributed by atoms with Crippen LogP contribution in [0.5, 0.6) is 0 Å². The predicted molar refractivity (Wildman–Crippen MR) is 49.9 cm³/mol. The molecule has 0 aromatic heterocycles. The lowest BCUT2D eigenvalue weighted by Crippen LogP contribution is -2.11. The van der Waals surface area contributed by atoms with E-state index in [9.17, 15) is 4.79 Å². The van der Waals surface area contributed by atoms with Crippen LogP contribution in [0, 0.1) is 0 Å². The standard InChI is InChI=1S/C7H6O.C2H8N2/c8-6-7-4-2-1-3-5-7;3-1-2-4/h1-6H;1-4H2. The molecule has 0 spiro atoms. The Morgan fingerprint density at radius 2 is 1.58 bits per heavy atom. The number of hydrogen-bond donors (Lipinski definition) is 2. The molecule has 0 aliphatic heterocycles. The fourth-order valence-corrected chi connectivity index (χ4v) is 0.532. The second-order valence-corrected chi connectivity index (χ2v) is 2.11. The summed E-state index contributed by atoms with van der Waals surface area (Å²) in [6, 6.07) is 9.10. The number of rotatable bonds is 2. The molecule has 0 saturated heterocycles. The quantitative estimate of drug-likeness (QED) is 0.625. The highest BCUT2D eigenvalue weighted by atomic mass is 16.1. The molecule has 0 bridgehead atoms. The zero-order valence-electron chi connectivity index (χ0n) is 6.94. The van der Waals surface area contributed by atoms with E-state index >= 15 is 0 Å². The van der Waals surface area contributed by atoms with Gasteiger partial charge in [-0.05, 0) is 0 Å². The molecule has 0 unspecified atom stereocenters. The summed E-state index contributed by atoms with van der Waals surface area (Å²) in [6.45, 7) is 1.19. The van der Waals surface area contributed by atoms with Gasteiger partial charge in [0, 0.05) is 18.7 Å². The Balaban J connectivity index is 0.000000261. The lowest BCUT2D eigenvalue weighted by atomic mass is 10.2. The Labute approximate surface area is 72.4 Å². The summed E-state index contributed by atoms with van der Waals surface area (Å²) in [4.78, 5) is 10.0. The van der Waals surface area contributed by atoms with Crippen LogP contribution in [0.3, 0.4) is 0 Å². The SMILES string of the molecule is NCCN.O=Cc1ccccc1. The highest BCUT2D eigenvalue weighted by Gasteiger charge is 1.79. The number of carbonyl (C=O) groups excluding carboxylic acids is 1. The fraction of sp³-hybridized carbons (Fsp3) is 0.222. The molecule has 0 atom stereocenters. The van der Waals surface area contributed by atoms with Crippen molar-refractivity contribution in [1.82, 2.24) is 0 Å². The van der Waals surface area contributed by atoms with Crippen molar-refractivity contribution < 1.29 is 4.79 Å². The topological polar surface area (TPSA) is 69.1 Å². The first-order chi connectivity index (χ1) is 5.85. The Morgan fingerprint density at radius 3 is 1.83 bits per heavy atom. The van der Waals surface area contributed by atoms with Gasteiger partial charge in [-0.2, -0.15) is 0 Å². The van der Waals surface area contributed by atoms with Gasteiger partial charge in [-0.3, -0.25) is 4.79 Å². The van der Waals surface area contributed by atoms with E-state index in [0.29, 0.717) is 13.1 Å². The largest absolute Gasteiger partial charge is 0.329 e. The van der Waals surface area contributed by atoms with E-state index in [1.54, 1.807) is 12.1 Å². The van der Waals surface area contributed by atoms with Gasteiger partial charge in [0.1, 0.15) is 6.29 Å². The van der Waals surface area contributed by atoms with E-state index in [0.717, 1.165) is 11.8 Å². The third kappa shape index (κ3) is 5.58. The van der Waals surface area contributed by atoms with Gasteiger partial charge < -0.3 is 11.5 Å². The maximum atomic E-state index is 10.0. The third-order valence-corrected chi connectivity index (χ3v) is 1.10. The first-order valence-corrected chi connectivity index (χ1v) is 3.75. The third-order valence-electron chi connectivity index (χ3n) is 1.10. The predicted octanol–water partition coefficient (Wildman–Crippen LogP) is 0.403. The number of nitrogens with two attached hydrogens (primary N) is 2. The lowest BCUT2D eigenvalue weighted by Gasteiger charge is -1.81. The molecule has 1 aromatic rings.